The molecule has 24 heavy (non-hydrogen) atoms. The van der Waals surface area contributed by atoms with E-state index in [0.29, 0.717) is 24.3 Å². The summed E-state index contributed by atoms with van der Waals surface area (Å²) in [5.41, 5.74) is 5.59. The molecule has 0 radical (unpaired) electrons. The van der Waals surface area contributed by atoms with Crippen LogP contribution < -0.4 is 11.1 Å². The van der Waals surface area contributed by atoms with E-state index in [9.17, 15) is 14.9 Å². The highest BCUT2D eigenvalue weighted by atomic mass is 35.5. The van der Waals surface area contributed by atoms with Gasteiger partial charge in [0, 0.05) is 35.8 Å². The normalized spacial score (nSPS) is 24.5. The molecule has 0 heterocycles. The molecular formula is C16H24ClN3O4. The lowest BCUT2D eigenvalue weighted by Gasteiger charge is -2.57. The SMILES string of the molecule is CCOC1CC(N)(C(=O)Nc2ccc(C)c([N+](=O)[O-])c2)C1(C)C.Cl. The fourth-order valence-electron chi connectivity index (χ4n) is 2.95. The van der Waals surface area contributed by atoms with Crippen LogP contribution in [0, 0.1) is 22.5 Å². The molecule has 1 saturated carbocycles. The number of amides is 1. The molecule has 0 saturated heterocycles. The monoisotopic (exact) mass is 357 g/mol. The van der Waals surface area contributed by atoms with Gasteiger partial charge in [0.1, 0.15) is 5.54 Å². The molecule has 1 amide bonds. The minimum absolute atomic E-state index is 0. The fraction of sp³-hybridized carbons (Fsp3) is 0.562. The summed E-state index contributed by atoms with van der Waals surface area (Å²) in [5.74, 6) is -0.350. The second-order valence-corrected chi connectivity index (χ2v) is 6.55. The van der Waals surface area contributed by atoms with Crippen LogP contribution in [0.5, 0.6) is 0 Å². The van der Waals surface area contributed by atoms with Crippen molar-refractivity contribution >= 4 is 29.7 Å². The Kier molecular flexibility index (Phi) is 5.97. The van der Waals surface area contributed by atoms with Crippen LogP contribution in [0.1, 0.15) is 32.8 Å². The molecule has 8 heteroatoms. The molecule has 1 aliphatic rings. The number of carbonyl (C=O) groups excluding carboxylic acids is 1. The molecule has 0 aliphatic heterocycles. The lowest BCUT2D eigenvalue weighted by molar-refractivity contribution is -0.385. The maximum Gasteiger partial charge on any atom is 0.274 e. The number of nitro benzene ring substituents is 1. The number of halogens is 1. The van der Waals surface area contributed by atoms with Crippen LogP contribution >= 0.6 is 12.4 Å². The Balaban J connectivity index is 0.00000288. The Morgan fingerprint density at radius 1 is 1.50 bits per heavy atom. The molecule has 2 rings (SSSR count). The largest absolute Gasteiger partial charge is 0.378 e. The Morgan fingerprint density at radius 2 is 2.12 bits per heavy atom. The van der Waals surface area contributed by atoms with E-state index in [1.165, 1.54) is 6.07 Å². The van der Waals surface area contributed by atoms with Gasteiger partial charge in [-0.05, 0) is 19.9 Å². The second kappa shape index (κ2) is 7.04. The number of hydrogen-bond donors (Lipinski definition) is 2. The number of ether oxygens (including phenoxy) is 1. The van der Waals surface area contributed by atoms with Gasteiger partial charge in [-0.25, -0.2) is 0 Å². The molecule has 2 atom stereocenters. The van der Waals surface area contributed by atoms with Gasteiger partial charge in [0.2, 0.25) is 5.91 Å². The predicted molar refractivity (Wildman–Crippen MR) is 94.4 cm³/mol. The number of benzene rings is 1. The van der Waals surface area contributed by atoms with Crippen LogP contribution in [-0.4, -0.2) is 29.1 Å². The minimum atomic E-state index is -1.06. The number of aryl methyl sites for hydroxylation is 1. The maximum atomic E-state index is 12.6. The zero-order valence-electron chi connectivity index (χ0n) is 14.3. The van der Waals surface area contributed by atoms with Crippen molar-refractivity contribution in [3.05, 3.63) is 33.9 Å². The van der Waals surface area contributed by atoms with Crippen LogP contribution in [0.3, 0.4) is 0 Å². The van der Waals surface area contributed by atoms with E-state index < -0.39 is 15.9 Å². The number of hydrogen-bond acceptors (Lipinski definition) is 5. The van der Waals surface area contributed by atoms with Gasteiger partial charge in [-0.3, -0.25) is 14.9 Å². The molecular weight excluding hydrogens is 334 g/mol. The van der Waals surface area contributed by atoms with Gasteiger partial charge in [-0.1, -0.05) is 19.9 Å². The molecule has 1 fully saturated rings. The topological polar surface area (TPSA) is 107 Å². The highest BCUT2D eigenvalue weighted by Gasteiger charge is 2.62. The van der Waals surface area contributed by atoms with E-state index in [1.54, 1.807) is 19.1 Å². The van der Waals surface area contributed by atoms with Crippen molar-refractivity contribution in [1.82, 2.24) is 0 Å². The van der Waals surface area contributed by atoms with Crippen molar-refractivity contribution in [2.45, 2.75) is 45.8 Å². The zero-order valence-corrected chi connectivity index (χ0v) is 15.1. The van der Waals surface area contributed by atoms with Gasteiger partial charge in [0.05, 0.1) is 11.0 Å². The summed E-state index contributed by atoms with van der Waals surface area (Å²) in [7, 11) is 0. The van der Waals surface area contributed by atoms with Gasteiger partial charge in [-0.2, -0.15) is 0 Å². The highest BCUT2D eigenvalue weighted by molar-refractivity contribution is 6.00. The lowest BCUT2D eigenvalue weighted by Crippen LogP contribution is -2.74. The van der Waals surface area contributed by atoms with E-state index in [-0.39, 0.29) is 30.1 Å². The summed E-state index contributed by atoms with van der Waals surface area (Å²) in [4.78, 5) is 23.1. The summed E-state index contributed by atoms with van der Waals surface area (Å²) in [6.07, 6.45) is 0.351. The first-order valence-electron chi connectivity index (χ1n) is 7.60. The number of nitrogens with two attached hydrogens (primary N) is 1. The van der Waals surface area contributed by atoms with Crippen molar-refractivity contribution in [2.75, 3.05) is 11.9 Å². The minimum Gasteiger partial charge on any atom is -0.378 e. The molecule has 0 bridgehead atoms. The van der Waals surface area contributed by atoms with Crippen molar-refractivity contribution in [3.63, 3.8) is 0 Å². The van der Waals surface area contributed by atoms with E-state index in [2.05, 4.69) is 5.32 Å². The molecule has 134 valence electrons. The third-order valence-electron chi connectivity index (χ3n) is 4.90. The van der Waals surface area contributed by atoms with Gasteiger partial charge in [0.25, 0.3) is 5.69 Å². The molecule has 1 aliphatic carbocycles. The first kappa shape index (κ1) is 20.3. The standard InChI is InChI=1S/C16H23N3O4.ClH/c1-5-23-13-9-16(17,15(13,3)4)14(20)18-11-7-6-10(2)12(8-11)19(21)22;/h6-8,13H,5,9,17H2,1-4H3,(H,18,20);1H. The number of anilines is 1. The van der Waals surface area contributed by atoms with Gasteiger partial charge in [0.15, 0.2) is 0 Å². The smallest absolute Gasteiger partial charge is 0.274 e. The number of nitro groups is 1. The van der Waals surface area contributed by atoms with Crippen molar-refractivity contribution in [3.8, 4) is 0 Å². The summed E-state index contributed by atoms with van der Waals surface area (Å²) in [6.45, 7) is 7.91. The van der Waals surface area contributed by atoms with Crippen molar-refractivity contribution < 1.29 is 14.5 Å². The summed E-state index contributed by atoms with van der Waals surface area (Å²) in [5, 5.41) is 13.7. The van der Waals surface area contributed by atoms with E-state index in [1.807, 2.05) is 20.8 Å². The summed E-state index contributed by atoms with van der Waals surface area (Å²) in [6, 6.07) is 4.59. The summed E-state index contributed by atoms with van der Waals surface area (Å²) < 4.78 is 5.61. The van der Waals surface area contributed by atoms with Crippen molar-refractivity contribution in [1.29, 1.82) is 0 Å². The number of carbonyl (C=O) groups is 1. The Labute approximate surface area is 147 Å². The molecule has 1 aromatic carbocycles. The van der Waals surface area contributed by atoms with E-state index in [4.69, 9.17) is 10.5 Å². The number of nitrogens with one attached hydrogen (secondary N) is 1. The van der Waals surface area contributed by atoms with Crippen LogP contribution in [0.2, 0.25) is 0 Å². The molecule has 7 nitrogen and oxygen atoms in total. The Hall–Kier alpha value is -1.70. The van der Waals surface area contributed by atoms with Crippen LogP contribution in [-0.2, 0) is 9.53 Å². The van der Waals surface area contributed by atoms with Crippen LogP contribution in [0.25, 0.3) is 0 Å². The number of rotatable bonds is 5. The predicted octanol–water partition coefficient (Wildman–Crippen LogP) is 2.80. The first-order valence-corrected chi connectivity index (χ1v) is 7.60. The first-order chi connectivity index (χ1) is 10.6. The number of nitrogens with zero attached hydrogens (tertiary/aromatic N) is 1. The average Bonchev–Trinajstić information content (AvgIpc) is 2.48. The lowest BCUT2D eigenvalue weighted by atomic mass is 9.54. The fourth-order valence-corrected chi connectivity index (χ4v) is 2.95. The molecule has 2 unspecified atom stereocenters. The molecule has 0 spiro atoms. The third-order valence-corrected chi connectivity index (χ3v) is 4.90. The Morgan fingerprint density at radius 3 is 2.62 bits per heavy atom. The molecule has 0 aromatic heterocycles. The summed E-state index contributed by atoms with van der Waals surface area (Å²) >= 11 is 0. The van der Waals surface area contributed by atoms with Crippen LogP contribution in [0.4, 0.5) is 11.4 Å². The Bertz CT molecular complexity index is 650. The average molecular weight is 358 g/mol. The second-order valence-electron chi connectivity index (χ2n) is 6.55. The van der Waals surface area contributed by atoms with E-state index in [0.717, 1.165) is 0 Å². The van der Waals surface area contributed by atoms with Gasteiger partial charge < -0.3 is 15.8 Å². The van der Waals surface area contributed by atoms with Gasteiger partial charge in [-0.15, -0.1) is 12.4 Å². The maximum absolute atomic E-state index is 12.6. The molecule has 1 aromatic rings. The van der Waals surface area contributed by atoms with Crippen LogP contribution in [0.15, 0.2) is 18.2 Å². The van der Waals surface area contributed by atoms with Crippen molar-refractivity contribution in [2.24, 2.45) is 11.1 Å². The van der Waals surface area contributed by atoms with E-state index >= 15 is 0 Å². The quantitative estimate of drug-likeness (QED) is 0.622. The van der Waals surface area contributed by atoms with Gasteiger partial charge >= 0.3 is 0 Å². The molecule has 3 N–H and O–H groups in total. The highest BCUT2D eigenvalue weighted by Crippen LogP contribution is 2.50. The zero-order chi connectivity index (χ0) is 17.4. The third kappa shape index (κ3) is 3.24.